The van der Waals surface area contributed by atoms with Crippen molar-refractivity contribution >= 4 is 38.9 Å². The lowest BCUT2D eigenvalue weighted by Crippen LogP contribution is -2.26. The summed E-state index contributed by atoms with van der Waals surface area (Å²) in [5.41, 5.74) is 1.78. The Labute approximate surface area is 173 Å². The number of aryl methyl sites for hydroxylation is 1. The van der Waals surface area contributed by atoms with Crippen molar-refractivity contribution in [2.24, 2.45) is 7.05 Å². The number of nitrogens with zero attached hydrogens (tertiary/aromatic N) is 6. The molecule has 2 atom stereocenters. The van der Waals surface area contributed by atoms with Crippen molar-refractivity contribution in [3.63, 3.8) is 0 Å². The molecule has 0 spiro atoms. The minimum absolute atomic E-state index is 0.0619. The molecule has 0 saturated heterocycles. The summed E-state index contributed by atoms with van der Waals surface area (Å²) in [5.74, 6) is 0.643. The summed E-state index contributed by atoms with van der Waals surface area (Å²) in [6, 6.07) is 5.86. The first-order valence-corrected chi connectivity index (χ1v) is 11.1. The maximum Gasteiger partial charge on any atom is 0.259 e. The highest BCUT2D eigenvalue weighted by atomic mass is 32.2. The molecule has 2 unspecified atom stereocenters. The zero-order valence-electron chi connectivity index (χ0n) is 16.1. The summed E-state index contributed by atoms with van der Waals surface area (Å²) in [6.45, 7) is 3.57. The Kier molecular flexibility index (Phi) is 5.41. The summed E-state index contributed by atoms with van der Waals surface area (Å²) in [4.78, 5) is 5.04. The van der Waals surface area contributed by atoms with E-state index in [4.69, 9.17) is 4.42 Å². The minimum atomic E-state index is -1.33. The van der Waals surface area contributed by atoms with Crippen LogP contribution in [0.15, 0.2) is 35.0 Å². The van der Waals surface area contributed by atoms with E-state index in [1.54, 1.807) is 21.4 Å². The molecule has 0 aliphatic rings. The Morgan fingerprint density at radius 3 is 2.90 bits per heavy atom. The molecule has 4 rings (SSSR count). The number of halogens is 1. The number of rotatable bonds is 7. The summed E-state index contributed by atoms with van der Waals surface area (Å²) in [7, 11) is 0.651. The lowest BCUT2D eigenvalue weighted by molar-refractivity contribution is 0.301. The number of alkyl halides is 1. The third-order valence-corrected chi connectivity index (χ3v) is 6.63. The molecular formula is C18H19FN6O2S2. The summed E-state index contributed by atoms with van der Waals surface area (Å²) >= 11 is 1.35. The summed E-state index contributed by atoms with van der Waals surface area (Å²) in [5, 5.41) is 13.6. The Bertz CT molecular complexity index is 1170. The predicted octanol–water partition coefficient (Wildman–Crippen LogP) is 3.80. The van der Waals surface area contributed by atoms with Crippen LogP contribution in [0.2, 0.25) is 0 Å². The molecule has 0 N–H and O–H groups in total. The molecule has 0 bridgehead atoms. The quantitative estimate of drug-likeness (QED) is 0.439. The maximum atomic E-state index is 13.3. The van der Waals surface area contributed by atoms with Crippen molar-refractivity contribution in [1.29, 1.82) is 0 Å². The standard InChI is InChI=1S/C18H19FN6O2S2/c1-4-29(26)25(13-6-5-12-8-21-24(3)14(12)7-13)10-16-20-9-15(28-16)18-23-22-17(27-18)11(2)19/h5-9,11H,4,10H2,1-3H3. The number of aromatic nitrogens is 5. The zero-order chi connectivity index (χ0) is 20.5. The van der Waals surface area contributed by atoms with Crippen LogP contribution in [0.3, 0.4) is 0 Å². The van der Waals surface area contributed by atoms with Gasteiger partial charge in [0.2, 0.25) is 0 Å². The van der Waals surface area contributed by atoms with E-state index in [0.29, 0.717) is 17.2 Å². The van der Waals surface area contributed by atoms with Gasteiger partial charge in [-0.05, 0) is 25.1 Å². The van der Waals surface area contributed by atoms with Gasteiger partial charge in [0.05, 0.1) is 30.1 Å². The fourth-order valence-corrected chi connectivity index (χ4v) is 4.66. The first-order chi connectivity index (χ1) is 14.0. The molecule has 0 amide bonds. The SMILES string of the molecule is CCS(=O)N(Cc1ncc(-c2nnc(C(C)F)o2)s1)c1ccc2cnn(C)c2c1. The third-order valence-electron chi connectivity index (χ3n) is 4.34. The highest BCUT2D eigenvalue weighted by Crippen LogP contribution is 2.30. The van der Waals surface area contributed by atoms with Crippen LogP contribution < -0.4 is 4.31 Å². The van der Waals surface area contributed by atoms with E-state index in [1.165, 1.54) is 18.3 Å². The van der Waals surface area contributed by atoms with Gasteiger partial charge >= 0.3 is 0 Å². The molecule has 1 aromatic carbocycles. The van der Waals surface area contributed by atoms with Crippen LogP contribution in [0, 0.1) is 0 Å². The van der Waals surface area contributed by atoms with E-state index in [0.717, 1.165) is 21.6 Å². The highest BCUT2D eigenvalue weighted by Gasteiger charge is 2.19. The van der Waals surface area contributed by atoms with Crippen molar-refractivity contribution in [3.05, 3.63) is 41.5 Å². The van der Waals surface area contributed by atoms with Gasteiger partial charge in [0.15, 0.2) is 6.17 Å². The Balaban J connectivity index is 1.62. The number of thiazole rings is 1. The molecule has 0 fully saturated rings. The largest absolute Gasteiger partial charge is 0.417 e. The molecular weight excluding hydrogens is 415 g/mol. The fraction of sp³-hybridized carbons (Fsp3) is 0.333. The highest BCUT2D eigenvalue weighted by molar-refractivity contribution is 7.86. The molecule has 29 heavy (non-hydrogen) atoms. The second kappa shape index (κ2) is 7.99. The van der Waals surface area contributed by atoms with Crippen molar-refractivity contribution in [2.45, 2.75) is 26.6 Å². The van der Waals surface area contributed by atoms with E-state index < -0.39 is 17.2 Å². The normalized spacial score (nSPS) is 13.7. The first-order valence-electron chi connectivity index (χ1n) is 8.96. The number of benzene rings is 1. The second-order valence-corrected chi connectivity index (χ2v) is 9.11. The van der Waals surface area contributed by atoms with E-state index in [9.17, 15) is 8.60 Å². The van der Waals surface area contributed by atoms with E-state index in [1.807, 2.05) is 32.2 Å². The predicted molar refractivity (Wildman–Crippen MR) is 111 cm³/mol. The van der Waals surface area contributed by atoms with Crippen molar-refractivity contribution in [1.82, 2.24) is 25.0 Å². The van der Waals surface area contributed by atoms with E-state index >= 15 is 0 Å². The number of fused-ring (bicyclic) bond motifs is 1. The molecule has 0 saturated carbocycles. The van der Waals surface area contributed by atoms with Crippen LogP contribution >= 0.6 is 11.3 Å². The van der Waals surface area contributed by atoms with Gasteiger partial charge in [-0.15, -0.1) is 21.5 Å². The average Bonchev–Trinajstić information content (AvgIpc) is 3.45. The molecule has 152 valence electrons. The molecule has 11 heteroatoms. The third kappa shape index (κ3) is 3.92. The smallest absolute Gasteiger partial charge is 0.259 e. The van der Waals surface area contributed by atoms with Crippen LogP contribution in [-0.4, -0.2) is 34.9 Å². The molecule has 4 aromatic rings. The molecule has 3 heterocycles. The van der Waals surface area contributed by atoms with Gasteiger partial charge in [-0.3, -0.25) is 8.99 Å². The Morgan fingerprint density at radius 2 is 2.17 bits per heavy atom. The van der Waals surface area contributed by atoms with Crippen molar-refractivity contribution < 1.29 is 13.0 Å². The van der Waals surface area contributed by atoms with Crippen LogP contribution in [0.25, 0.3) is 21.7 Å². The van der Waals surface area contributed by atoms with Crippen molar-refractivity contribution in [2.75, 3.05) is 10.1 Å². The average molecular weight is 435 g/mol. The number of anilines is 1. The van der Waals surface area contributed by atoms with Gasteiger partial charge in [-0.25, -0.2) is 13.6 Å². The first kappa shape index (κ1) is 19.6. The van der Waals surface area contributed by atoms with E-state index in [-0.39, 0.29) is 11.8 Å². The van der Waals surface area contributed by atoms with Crippen LogP contribution in [0.4, 0.5) is 10.1 Å². The molecule has 3 aromatic heterocycles. The topological polar surface area (TPSA) is 89.9 Å². The van der Waals surface area contributed by atoms with Crippen molar-refractivity contribution in [3.8, 4) is 10.8 Å². The summed E-state index contributed by atoms with van der Waals surface area (Å²) in [6.07, 6.45) is 2.08. The lowest BCUT2D eigenvalue weighted by Gasteiger charge is -2.22. The Hall–Kier alpha value is -2.66. The second-order valence-electron chi connectivity index (χ2n) is 6.34. The molecule has 0 radical (unpaired) electrons. The van der Waals surface area contributed by atoms with Gasteiger partial charge in [0.25, 0.3) is 11.8 Å². The number of hydrogen-bond donors (Lipinski definition) is 0. The molecule has 8 nitrogen and oxygen atoms in total. The minimum Gasteiger partial charge on any atom is -0.417 e. The van der Waals surface area contributed by atoms with Gasteiger partial charge in [0.1, 0.15) is 20.9 Å². The monoisotopic (exact) mass is 434 g/mol. The molecule has 0 aliphatic carbocycles. The van der Waals surface area contributed by atoms with Crippen LogP contribution in [-0.2, 0) is 24.6 Å². The van der Waals surface area contributed by atoms with Crippen LogP contribution in [0.5, 0.6) is 0 Å². The number of hydrogen-bond acceptors (Lipinski definition) is 7. The maximum absolute atomic E-state index is 13.3. The van der Waals surface area contributed by atoms with Gasteiger partial charge < -0.3 is 4.42 Å². The van der Waals surface area contributed by atoms with Gasteiger partial charge in [-0.1, -0.05) is 6.92 Å². The zero-order valence-corrected chi connectivity index (χ0v) is 17.7. The summed E-state index contributed by atoms with van der Waals surface area (Å²) < 4.78 is 35.0. The fourth-order valence-electron chi connectivity index (χ4n) is 2.82. The van der Waals surface area contributed by atoms with Gasteiger partial charge in [0, 0.05) is 18.2 Å². The van der Waals surface area contributed by atoms with E-state index in [2.05, 4.69) is 20.3 Å². The van der Waals surface area contributed by atoms with Crippen LogP contribution in [0.1, 0.15) is 30.9 Å². The lowest BCUT2D eigenvalue weighted by atomic mass is 10.2. The Morgan fingerprint density at radius 1 is 1.34 bits per heavy atom. The van der Waals surface area contributed by atoms with Gasteiger partial charge in [-0.2, -0.15) is 5.10 Å². The molecule has 0 aliphatic heterocycles.